The normalized spacial score (nSPS) is 17.6. The molecule has 1 N–H and O–H groups in total. The summed E-state index contributed by atoms with van der Waals surface area (Å²) >= 11 is 0. The van der Waals surface area contributed by atoms with Crippen LogP contribution in [-0.2, 0) is 10.0 Å². The highest BCUT2D eigenvalue weighted by atomic mass is 32.2. The van der Waals surface area contributed by atoms with Gasteiger partial charge in [0, 0.05) is 6.04 Å². The van der Waals surface area contributed by atoms with Gasteiger partial charge in [-0.05, 0) is 38.1 Å². The molecule has 0 aliphatic carbocycles. The van der Waals surface area contributed by atoms with Gasteiger partial charge in [0.25, 0.3) is 0 Å². The number of imidazole rings is 1. The standard InChI is InChI=1S/C13H17N3O3S/c1-20(18,19)16-12-5-3-2-4-11(12)15(13(16)17)10-6-8-14-9-7-10/h2-5,10,14H,6-9H2,1H3. The number of piperidine rings is 1. The topological polar surface area (TPSA) is 73.1 Å². The molecule has 6 nitrogen and oxygen atoms in total. The first-order valence-electron chi connectivity index (χ1n) is 6.63. The van der Waals surface area contributed by atoms with Crippen LogP contribution in [0.1, 0.15) is 18.9 Å². The van der Waals surface area contributed by atoms with E-state index < -0.39 is 15.7 Å². The van der Waals surface area contributed by atoms with Crippen molar-refractivity contribution in [3.63, 3.8) is 0 Å². The quantitative estimate of drug-likeness (QED) is 0.877. The summed E-state index contributed by atoms with van der Waals surface area (Å²) in [6.45, 7) is 1.69. The van der Waals surface area contributed by atoms with Gasteiger partial charge in [0.2, 0.25) is 10.0 Å². The van der Waals surface area contributed by atoms with Gasteiger partial charge in [-0.1, -0.05) is 12.1 Å². The summed E-state index contributed by atoms with van der Waals surface area (Å²) in [4.78, 5) is 12.6. The number of nitrogens with one attached hydrogen (secondary N) is 1. The van der Waals surface area contributed by atoms with E-state index in [0.29, 0.717) is 11.0 Å². The zero-order valence-corrected chi connectivity index (χ0v) is 12.1. The highest BCUT2D eigenvalue weighted by Gasteiger charge is 2.25. The minimum Gasteiger partial charge on any atom is -0.317 e. The van der Waals surface area contributed by atoms with Crippen molar-refractivity contribution in [3.8, 4) is 0 Å². The first-order chi connectivity index (χ1) is 9.50. The van der Waals surface area contributed by atoms with Crippen LogP contribution in [-0.4, -0.2) is 36.3 Å². The van der Waals surface area contributed by atoms with Crippen molar-refractivity contribution >= 4 is 21.1 Å². The number of hydrogen-bond acceptors (Lipinski definition) is 4. The molecule has 1 aromatic heterocycles. The lowest BCUT2D eigenvalue weighted by Crippen LogP contribution is -2.36. The average molecular weight is 295 g/mol. The zero-order chi connectivity index (χ0) is 14.3. The molecule has 0 radical (unpaired) electrons. The smallest absolute Gasteiger partial charge is 0.317 e. The maximum absolute atomic E-state index is 12.6. The molecule has 20 heavy (non-hydrogen) atoms. The van der Waals surface area contributed by atoms with E-state index in [0.717, 1.165) is 36.2 Å². The Morgan fingerprint density at radius 2 is 1.75 bits per heavy atom. The number of hydrogen-bond donors (Lipinski definition) is 1. The van der Waals surface area contributed by atoms with Crippen molar-refractivity contribution in [1.82, 2.24) is 13.9 Å². The van der Waals surface area contributed by atoms with Crippen molar-refractivity contribution < 1.29 is 8.42 Å². The third-order valence-electron chi connectivity index (χ3n) is 3.75. The molecular formula is C13H17N3O3S. The van der Waals surface area contributed by atoms with Crippen LogP contribution in [0.3, 0.4) is 0 Å². The fourth-order valence-electron chi connectivity index (χ4n) is 2.88. The predicted octanol–water partition coefficient (Wildman–Crippen LogP) is 0.535. The van der Waals surface area contributed by atoms with Crippen LogP contribution in [0.5, 0.6) is 0 Å². The van der Waals surface area contributed by atoms with Crippen LogP contribution in [0.2, 0.25) is 0 Å². The Morgan fingerprint density at radius 1 is 1.15 bits per heavy atom. The van der Waals surface area contributed by atoms with E-state index in [2.05, 4.69) is 5.32 Å². The fraction of sp³-hybridized carbons (Fsp3) is 0.462. The first kappa shape index (κ1) is 13.4. The Kier molecular flexibility index (Phi) is 3.18. The molecule has 108 valence electrons. The van der Waals surface area contributed by atoms with Gasteiger partial charge >= 0.3 is 5.69 Å². The van der Waals surface area contributed by atoms with E-state index >= 15 is 0 Å². The van der Waals surface area contributed by atoms with Gasteiger partial charge in [-0.25, -0.2) is 13.2 Å². The molecule has 0 spiro atoms. The van der Waals surface area contributed by atoms with E-state index in [1.807, 2.05) is 6.07 Å². The van der Waals surface area contributed by atoms with Crippen molar-refractivity contribution in [2.75, 3.05) is 19.3 Å². The molecule has 1 aromatic carbocycles. The second-order valence-electron chi connectivity index (χ2n) is 5.15. The Labute approximate surface area is 117 Å². The summed E-state index contributed by atoms with van der Waals surface area (Å²) in [6, 6.07) is 7.11. The molecule has 0 atom stereocenters. The summed E-state index contributed by atoms with van der Waals surface area (Å²) in [5.41, 5.74) is 0.689. The lowest BCUT2D eigenvalue weighted by molar-refractivity contribution is 0.367. The van der Waals surface area contributed by atoms with Gasteiger partial charge in [0.1, 0.15) is 0 Å². The molecule has 3 rings (SSSR count). The van der Waals surface area contributed by atoms with Crippen molar-refractivity contribution in [1.29, 1.82) is 0 Å². The number of nitrogens with zero attached hydrogens (tertiary/aromatic N) is 2. The summed E-state index contributed by atoms with van der Waals surface area (Å²) in [5.74, 6) is 0. The van der Waals surface area contributed by atoms with Crippen molar-refractivity contribution in [3.05, 3.63) is 34.7 Å². The monoisotopic (exact) mass is 295 g/mol. The molecule has 0 unspecified atom stereocenters. The molecule has 0 amide bonds. The molecule has 0 saturated carbocycles. The van der Waals surface area contributed by atoms with Gasteiger partial charge in [-0.15, -0.1) is 0 Å². The Balaban J connectivity index is 2.32. The average Bonchev–Trinajstić information content (AvgIpc) is 2.71. The Morgan fingerprint density at radius 3 is 2.35 bits per heavy atom. The van der Waals surface area contributed by atoms with E-state index in [1.54, 1.807) is 22.8 Å². The highest BCUT2D eigenvalue weighted by molar-refractivity contribution is 7.89. The van der Waals surface area contributed by atoms with Crippen LogP contribution in [0.15, 0.2) is 29.1 Å². The van der Waals surface area contributed by atoms with Crippen molar-refractivity contribution in [2.45, 2.75) is 18.9 Å². The molecule has 1 saturated heterocycles. The minimum absolute atomic E-state index is 0.0525. The second-order valence-corrected chi connectivity index (χ2v) is 6.98. The number of benzene rings is 1. The summed E-state index contributed by atoms with van der Waals surface area (Å²) in [7, 11) is -3.61. The highest BCUT2D eigenvalue weighted by Crippen LogP contribution is 2.23. The van der Waals surface area contributed by atoms with Gasteiger partial charge in [0.15, 0.2) is 0 Å². The first-order valence-corrected chi connectivity index (χ1v) is 8.48. The lowest BCUT2D eigenvalue weighted by atomic mass is 10.1. The van der Waals surface area contributed by atoms with E-state index in [9.17, 15) is 13.2 Å². The van der Waals surface area contributed by atoms with Crippen LogP contribution >= 0.6 is 0 Å². The molecule has 2 aromatic rings. The van der Waals surface area contributed by atoms with Gasteiger partial charge in [-0.3, -0.25) is 4.57 Å². The number of fused-ring (bicyclic) bond motifs is 1. The van der Waals surface area contributed by atoms with E-state index in [4.69, 9.17) is 0 Å². The summed E-state index contributed by atoms with van der Waals surface area (Å²) in [5, 5.41) is 3.25. The maximum Gasteiger partial charge on any atom is 0.343 e. The zero-order valence-electron chi connectivity index (χ0n) is 11.2. The molecule has 2 heterocycles. The van der Waals surface area contributed by atoms with E-state index in [1.165, 1.54) is 0 Å². The molecule has 0 bridgehead atoms. The summed E-state index contributed by atoms with van der Waals surface area (Å²) in [6.07, 6.45) is 2.73. The van der Waals surface area contributed by atoms with E-state index in [-0.39, 0.29) is 6.04 Å². The molecule has 1 aliphatic heterocycles. The third-order valence-corrected chi connectivity index (χ3v) is 4.76. The van der Waals surface area contributed by atoms with Crippen molar-refractivity contribution in [2.24, 2.45) is 0 Å². The predicted molar refractivity (Wildman–Crippen MR) is 77.6 cm³/mol. The third kappa shape index (κ3) is 2.06. The largest absolute Gasteiger partial charge is 0.343 e. The van der Waals surface area contributed by atoms with Gasteiger partial charge in [0.05, 0.1) is 17.3 Å². The number of para-hydroxylation sites is 2. The minimum atomic E-state index is -3.61. The van der Waals surface area contributed by atoms with Crippen LogP contribution < -0.4 is 11.0 Å². The Bertz CT molecular complexity index is 798. The van der Waals surface area contributed by atoms with Crippen LogP contribution in [0.4, 0.5) is 0 Å². The SMILES string of the molecule is CS(=O)(=O)n1c(=O)n(C2CCNCC2)c2ccccc21. The second kappa shape index (κ2) is 4.75. The van der Waals surface area contributed by atoms with Crippen LogP contribution in [0, 0.1) is 0 Å². The maximum atomic E-state index is 12.6. The fourth-order valence-corrected chi connectivity index (χ4v) is 3.77. The number of aromatic nitrogens is 2. The molecule has 7 heteroatoms. The molecule has 1 fully saturated rings. The van der Waals surface area contributed by atoms with Crippen LogP contribution in [0.25, 0.3) is 11.0 Å². The molecular weight excluding hydrogens is 278 g/mol. The molecule has 1 aliphatic rings. The Hall–Kier alpha value is -1.60. The van der Waals surface area contributed by atoms with Gasteiger partial charge < -0.3 is 5.32 Å². The van der Waals surface area contributed by atoms with Gasteiger partial charge in [-0.2, -0.15) is 3.97 Å². The summed E-state index contributed by atoms with van der Waals surface area (Å²) < 4.78 is 26.3. The lowest BCUT2D eigenvalue weighted by Gasteiger charge is -2.23. The number of rotatable bonds is 2.